The van der Waals surface area contributed by atoms with E-state index in [0.29, 0.717) is 4.88 Å². The van der Waals surface area contributed by atoms with Gasteiger partial charge in [-0.3, -0.25) is 4.79 Å². The van der Waals surface area contributed by atoms with Crippen molar-refractivity contribution in [2.75, 3.05) is 11.9 Å². The standard InChI is InChI=1S/C17H18N2OS/c1-3-13-7-4-6-12(2)15(13)19-17(20)16-14(8-5-10-18)9-11-21-16/h4,6-7,9,11H,3,10,18H2,1-2H3,(H,19,20). The van der Waals surface area contributed by atoms with Crippen molar-refractivity contribution in [3.05, 3.63) is 51.2 Å². The molecule has 0 spiro atoms. The van der Waals surface area contributed by atoms with Gasteiger partial charge in [0.15, 0.2) is 0 Å². The van der Waals surface area contributed by atoms with Gasteiger partial charge in [0, 0.05) is 11.3 Å². The van der Waals surface area contributed by atoms with Crippen LogP contribution in [0.25, 0.3) is 0 Å². The van der Waals surface area contributed by atoms with Gasteiger partial charge in [-0.1, -0.05) is 37.0 Å². The maximum atomic E-state index is 12.5. The van der Waals surface area contributed by atoms with Gasteiger partial charge in [0.25, 0.3) is 5.91 Å². The molecule has 0 saturated carbocycles. The summed E-state index contributed by atoms with van der Waals surface area (Å²) in [6.45, 7) is 4.36. The lowest BCUT2D eigenvalue weighted by Crippen LogP contribution is -2.14. The van der Waals surface area contributed by atoms with Crippen LogP contribution in [0.4, 0.5) is 5.69 Å². The summed E-state index contributed by atoms with van der Waals surface area (Å²) >= 11 is 1.39. The number of thiophene rings is 1. The van der Waals surface area contributed by atoms with Crippen LogP contribution in [0.3, 0.4) is 0 Å². The Morgan fingerprint density at radius 3 is 2.90 bits per heavy atom. The van der Waals surface area contributed by atoms with Gasteiger partial charge in [-0.15, -0.1) is 11.3 Å². The van der Waals surface area contributed by atoms with E-state index < -0.39 is 0 Å². The summed E-state index contributed by atoms with van der Waals surface area (Å²) in [5.74, 6) is 5.61. The molecule has 1 aromatic heterocycles. The summed E-state index contributed by atoms with van der Waals surface area (Å²) in [5, 5.41) is 4.89. The van der Waals surface area contributed by atoms with Crippen LogP contribution in [0.5, 0.6) is 0 Å². The van der Waals surface area contributed by atoms with E-state index in [1.807, 2.05) is 36.6 Å². The smallest absolute Gasteiger partial charge is 0.267 e. The van der Waals surface area contributed by atoms with Gasteiger partial charge in [0.2, 0.25) is 0 Å². The molecule has 0 fully saturated rings. The Labute approximate surface area is 129 Å². The van der Waals surface area contributed by atoms with Crippen LogP contribution in [0.2, 0.25) is 0 Å². The van der Waals surface area contributed by atoms with Crippen LogP contribution in [-0.2, 0) is 6.42 Å². The zero-order valence-corrected chi connectivity index (χ0v) is 13.0. The maximum Gasteiger partial charge on any atom is 0.267 e. The van der Waals surface area contributed by atoms with Crippen LogP contribution in [0, 0.1) is 18.8 Å². The molecule has 2 aromatic rings. The number of amides is 1. The predicted molar refractivity (Wildman–Crippen MR) is 88.8 cm³/mol. The second kappa shape index (κ2) is 7.07. The van der Waals surface area contributed by atoms with E-state index in [1.165, 1.54) is 11.3 Å². The molecule has 0 bridgehead atoms. The number of nitrogens with one attached hydrogen (secondary N) is 1. The van der Waals surface area contributed by atoms with Crippen molar-refractivity contribution in [2.24, 2.45) is 5.73 Å². The Morgan fingerprint density at radius 2 is 2.19 bits per heavy atom. The number of rotatable bonds is 3. The largest absolute Gasteiger partial charge is 0.321 e. The molecule has 108 valence electrons. The lowest BCUT2D eigenvalue weighted by atomic mass is 10.1. The number of benzene rings is 1. The van der Waals surface area contributed by atoms with Crippen LogP contribution >= 0.6 is 11.3 Å². The summed E-state index contributed by atoms with van der Waals surface area (Å²) in [6, 6.07) is 7.89. The number of hydrogen-bond donors (Lipinski definition) is 2. The number of nitrogens with two attached hydrogens (primary N) is 1. The van der Waals surface area contributed by atoms with Crippen molar-refractivity contribution in [3.63, 3.8) is 0 Å². The summed E-state index contributed by atoms with van der Waals surface area (Å²) in [5.41, 5.74) is 9.21. The molecule has 1 amide bonds. The van der Waals surface area contributed by atoms with Gasteiger partial charge >= 0.3 is 0 Å². The number of para-hydroxylation sites is 1. The lowest BCUT2D eigenvalue weighted by Gasteiger charge is -2.12. The molecule has 1 heterocycles. The monoisotopic (exact) mass is 298 g/mol. The van der Waals surface area contributed by atoms with Crippen molar-refractivity contribution < 1.29 is 4.79 Å². The number of aryl methyl sites for hydroxylation is 2. The molecule has 0 saturated heterocycles. The highest BCUT2D eigenvalue weighted by atomic mass is 32.1. The fraction of sp³-hybridized carbons (Fsp3) is 0.235. The summed E-state index contributed by atoms with van der Waals surface area (Å²) in [7, 11) is 0. The molecule has 0 unspecified atom stereocenters. The second-order valence-electron chi connectivity index (χ2n) is 4.59. The van der Waals surface area contributed by atoms with Crippen molar-refractivity contribution >= 4 is 22.9 Å². The van der Waals surface area contributed by atoms with E-state index in [-0.39, 0.29) is 12.5 Å². The fourth-order valence-corrected chi connectivity index (χ4v) is 2.85. The minimum Gasteiger partial charge on any atom is -0.321 e. The van der Waals surface area contributed by atoms with E-state index in [9.17, 15) is 4.79 Å². The first-order chi connectivity index (χ1) is 10.2. The topological polar surface area (TPSA) is 55.1 Å². The number of carbonyl (C=O) groups is 1. The minimum atomic E-state index is -0.115. The molecule has 0 aliphatic carbocycles. The van der Waals surface area contributed by atoms with Gasteiger partial charge in [-0.05, 0) is 35.9 Å². The molecule has 21 heavy (non-hydrogen) atoms. The molecule has 3 N–H and O–H groups in total. The third kappa shape index (κ3) is 3.52. The third-order valence-electron chi connectivity index (χ3n) is 3.18. The van der Waals surface area contributed by atoms with Crippen molar-refractivity contribution in [1.29, 1.82) is 0 Å². The number of hydrogen-bond acceptors (Lipinski definition) is 3. The van der Waals surface area contributed by atoms with Crippen LogP contribution in [-0.4, -0.2) is 12.5 Å². The molecule has 3 nitrogen and oxygen atoms in total. The highest BCUT2D eigenvalue weighted by Crippen LogP contribution is 2.24. The van der Waals surface area contributed by atoms with E-state index >= 15 is 0 Å². The van der Waals surface area contributed by atoms with Gasteiger partial charge in [-0.25, -0.2) is 0 Å². The molecule has 0 aliphatic rings. The van der Waals surface area contributed by atoms with Crippen molar-refractivity contribution in [2.45, 2.75) is 20.3 Å². The Hall–Kier alpha value is -2.09. The molecule has 0 atom stereocenters. The molecule has 0 aliphatic heterocycles. The second-order valence-corrected chi connectivity index (χ2v) is 5.50. The van der Waals surface area contributed by atoms with Gasteiger partial charge in [-0.2, -0.15) is 0 Å². The SMILES string of the molecule is CCc1cccc(C)c1NC(=O)c1sccc1C#CCN. The number of anilines is 1. The number of carbonyl (C=O) groups excluding carboxylic acids is 1. The first-order valence-electron chi connectivity index (χ1n) is 6.83. The molecular weight excluding hydrogens is 280 g/mol. The lowest BCUT2D eigenvalue weighted by molar-refractivity contribution is 0.103. The maximum absolute atomic E-state index is 12.5. The zero-order chi connectivity index (χ0) is 15.2. The van der Waals surface area contributed by atoms with Gasteiger partial charge < -0.3 is 11.1 Å². The fourth-order valence-electron chi connectivity index (χ4n) is 2.10. The summed E-state index contributed by atoms with van der Waals surface area (Å²) < 4.78 is 0. The van der Waals surface area contributed by atoms with E-state index in [1.54, 1.807) is 0 Å². The van der Waals surface area contributed by atoms with Crippen LogP contribution < -0.4 is 11.1 Å². The first-order valence-corrected chi connectivity index (χ1v) is 7.71. The Bertz CT molecular complexity index is 707. The Kier molecular flexibility index (Phi) is 5.15. The average Bonchev–Trinajstić information content (AvgIpc) is 2.95. The van der Waals surface area contributed by atoms with Crippen LogP contribution in [0.15, 0.2) is 29.6 Å². The predicted octanol–water partition coefficient (Wildman–Crippen LogP) is 3.18. The van der Waals surface area contributed by atoms with Crippen LogP contribution in [0.1, 0.15) is 33.3 Å². The third-order valence-corrected chi connectivity index (χ3v) is 4.09. The highest BCUT2D eigenvalue weighted by Gasteiger charge is 2.14. The van der Waals surface area contributed by atoms with Crippen molar-refractivity contribution in [3.8, 4) is 11.8 Å². The first kappa shape index (κ1) is 15.3. The highest BCUT2D eigenvalue weighted by molar-refractivity contribution is 7.12. The normalized spacial score (nSPS) is 9.86. The molecule has 4 heteroatoms. The van der Waals surface area contributed by atoms with E-state index in [2.05, 4.69) is 24.1 Å². The van der Waals surface area contributed by atoms with Crippen molar-refractivity contribution in [1.82, 2.24) is 0 Å². The summed E-state index contributed by atoms with van der Waals surface area (Å²) in [4.78, 5) is 13.1. The molecule has 0 radical (unpaired) electrons. The van der Waals surface area contributed by atoms with E-state index in [4.69, 9.17) is 5.73 Å². The molecule has 1 aromatic carbocycles. The van der Waals surface area contributed by atoms with Gasteiger partial charge in [0.05, 0.1) is 6.54 Å². The Balaban J connectivity index is 2.29. The molecular formula is C17H18N2OS. The average molecular weight is 298 g/mol. The zero-order valence-electron chi connectivity index (χ0n) is 12.2. The van der Waals surface area contributed by atoms with E-state index in [0.717, 1.165) is 28.8 Å². The van der Waals surface area contributed by atoms with Gasteiger partial charge in [0.1, 0.15) is 4.88 Å². The minimum absolute atomic E-state index is 0.115. The summed E-state index contributed by atoms with van der Waals surface area (Å²) in [6.07, 6.45) is 0.877. The Morgan fingerprint density at radius 1 is 1.38 bits per heavy atom. The molecule has 2 rings (SSSR count). The quantitative estimate of drug-likeness (QED) is 0.855.